The molecule has 1 aliphatic carbocycles. The summed E-state index contributed by atoms with van der Waals surface area (Å²) in [5.74, 6) is -0.546. The number of nitrogens with zero attached hydrogens (tertiary/aromatic N) is 5. The van der Waals surface area contributed by atoms with E-state index in [9.17, 15) is 9.59 Å². The van der Waals surface area contributed by atoms with E-state index in [2.05, 4.69) is 25.3 Å². The van der Waals surface area contributed by atoms with E-state index in [4.69, 9.17) is 18.9 Å². The molecule has 44 heavy (non-hydrogen) atoms. The third-order valence-corrected chi connectivity index (χ3v) is 7.15. The molecule has 13 heteroatoms. The maximum atomic E-state index is 15.2. The summed E-state index contributed by atoms with van der Waals surface area (Å²) < 4.78 is 38.1. The molecule has 1 fully saturated rings. The minimum Gasteiger partial charge on any atom is -0.491 e. The van der Waals surface area contributed by atoms with Gasteiger partial charge in [0.1, 0.15) is 11.1 Å². The average molecular weight is 599 g/mol. The first-order valence-electron chi connectivity index (χ1n) is 13.6. The van der Waals surface area contributed by atoms with Gasteiger partial charge in [0.2, 0.25) is 5.88 Å². The number of fused-ring (bicyclic) bond motifs is 1. The number of carbonyl (C=O) groups is 1. The van der Waals surface area contributed by atoms with Crippen molar-refractivity contribution in [1.29, 1.82) is 0 Å². The molecule has 0 saturated heterocycles. The van der Waals surface area contributed by atoms with Crippen LogP contribution < -0.4 is 29.8 Å². The molecule has 1 aliphatic rings. The lowest BCUT2D eigenvalue weighted by molar-refractivity contribution is 0.102. The number of hydrogen-bond donors (Lipinski definition) is 1. The predicted octanol–water partition coefficient (Wildman–Crippen LogP) is 4.97. The number of anilines is 1. The highest BCUT2D eigenvalue weighted by molar-refractivity contribution is 6.04. The summed E-state index contributed by atoms with van der Waals surface area (Å²) in [6.07, 6.45) is 6.14. The molecule has 0 atom stereocenters. The Morgan fingerprint density at radius 2 is 1.77 bits per heavy atom. The lowest BCUT2D eigenvalue weighted by atomic mass is 10.1. The van der Waals surface area contributed by atoms with Crippen LogP contribution in [0.3, 0.4) is 0 Å². The lowest BCUT2D eigenvalue weighted by Gasteiger charge is -2.16. The van der Waals surface area contributed by atoms with Crippen molar-refractivity contribution in [2.75, 3.05) is 26.6 Å². The molecule has 0 bridgehead atoms. The Kier molecular flexibility index (Phi) is 7.51. The van der Waals surface area contributed by atoms with Crippen LogP contribution in [-0.4, -0.2) is 51.7 Å². The minimum atomic E-state index is -0.852. The molecule has 5 aromatic heterocycles. The van der Waals surface area contributed by atoms with Gasteiger partial charge in [-0.1, -0.05) is 0 Å². The zero-order valence-corrected chi connectivity index (χ0v) is 24.3. The fourth-order valence-electron chi connectivity index (χ4n) is 4.80. The van der Waals surface area contributed by atoms with Crippen molar-refractivity contribution in [1.82, 2.24) is 24.5 Å². The highest BCUT2D eigenvalue weighted by Crippen LogP contribution is 2.40. The first kappa shape index (κ1) is 28.5. The van der Waals surface area contributed by atoms with Crippen LogP contribution in [0.15, 0.2) is 59.8 Å². The molecule has 0 spiro atoms. The van der Waals surface area contributed by atoms with Gasteiger partial charge in [0.15, 0.2) is 17.3 Å². The maximum Gasteiger partial charge on any atom is 0.268 e. The first-order valence-corrected chi connectivity index (χ1v) is 13.6. The second-order valence-electron chi connectivity index (χ2n) is 10.0. The van der Waals surface area contributed by atoms with Crippen LogP contribution in [-0.2, 0) is 0 Å². The zero-order chi connectivity index (χ0) is 31.0. The van der Waals surface area contributed by atoms with Crippen molar-refractivity contribution in [2.45, 2.75) is 25.7 Å². The fourth-order valence-corrected chi connectivity index (χ4v) is 4.80. The number of nitrogens with one attached hydrogen (secondary N) is 1. The van der Waals surface area contributed by atoms with E-state index in [0.717, 1.165) is 30.2 Å². The quantitative estimate of drug-likeness (QED) is 0.247. The summed E-state index contributed by atoms with van der Waals surface area (Å²) in [6.45, 7) is 1.84. The van der Waals surface area contributed by atoms with Gasteiger partial charge >= 0.3 is 0 Å². The van der Waals surface area contributed by atoms with Crippen LogP contribution in [0.25, 0.3) is 16.7 Å². The van der Waals surface area contributed by atoms with Crippen LogP contribution in [0.4, 0.5) is 10.1 Å². The van der Waals surface area contributed by atoms with E-state index in [1.54, 1.807) is 24.4 Å². The van der Waals surface area contributed by atoms with Crippen LogP contribution >= 0.6 is 0 Å². The molecule has 5 aromatic rings. The summed E-state index contributed by atoms with van der Waals surface area (Å²) >= 11 is 0. The summed E-state index contributed by atoms with van der Waals surface area (Å²) in [4.78, 5) is 43.9. The zero-order valence-electron chi connectivity index (χ0n) is 24.3. The number of pyridine rings is 5. The summed E-state index contributed by atoms with van der Waals surface area (Å²) in [6, 6.07) is 9.16. The number of ether oxygens (including phenoxy) is 4. The molecule has 0 radical (unpaired) electrons. The highest BCUT2D eigenvalue weighted by Gasteiger charge is 2.29. The molecule has 6 rings (SSSR count). The number of aryl methyl sites for hydroxylation is 1. The molecule has 1 saturated carbocycles. The number of carbonyl (C=O) groups excluding carboxylic acids is 1. The first-order chi connectivity index (χ1) is 21.3. The van der Waals surface area contributed by atoms with Crippen molar-refractivity contribution in [2.24, 2.45) is 0 Å². The van der Waals surface area contributed by atoms with Gasteiger partial charge in [0, 0.05) is 36.2 Å². The monoisotopic (exact) mass is 598 g/mol. The Balaban J connectivity index is 1.27. The summed E-state index contributed by atoms with van der Waals surface area (Å²) in [5, 5.41) is 2.57. The minimum absolute atomic E-state index is 0.0310. The summed E-state index contributed by atoms with van der Waals surface area (Å²) in [7, 11) is 4.43. The Hall–Kier alpha value is -5.59. The normalized spacial score (nSPS) is 12.6. The molecule has 0 unspecified atom stereocenters. The number of rotatable bonds is 9. The second-order valence-corrected chi connectivity index (χ2v) is 10.0. The van der Waals surface area contributed by atoms with E-state index in [-0.39, 0.29) is 34.7 Å². The number of amides is 1. The molecular weight excluding hydrogens is 571 g/mol. The van der Waals surface area contributed by atoms with Crippen molar-refractivity contribution in [3.8, 4) is 34.8 Å². The largest absolute Gasteiger partial charge is 0.491 e. The molecular formula is C31H27FN6O6. The van der Waals surface area contributed by atoms with Crippen LogP contribution in [0.2, 0.25) is 0 Å². The maximum absolute atomic E-state index is 15.2. The van der Waals surface area contributed by atoms with E-state index in [1.165, 1.54) is 50.4 Å². The van der Waals surface area contributed by atoms with Gasteiger partial charge < -0.3 is 24.3 Å². The van der Waals surface area contributed by atoms with Crippen molar-refractivity contribution in [3.63, 3.8) is 0 Å². The molecule has 5 heterocycles. The Morgan fingerprint density at radius 3 is 2.45 bits per heavy atom. The number of methoxy groups -OCH3 is 3. The molecule has 12 nitrogen and oxygen atoms in total. The molecule has 1 N–H and O–H groups in total. The SMILES string of the molecule is COc1cc(C)c(-n2c(C3CC3)ccc(C(=O)Nc3cnc(Oc4ccnc5cc(OC)c(OC)nc45)c(F)c3)c2=O)cn1. The van der Waals surface area contributed by atoms with E-state index in [0.29, 0.717) is 28.4 Å². The van der Waals surface area contributed by atoms with E-state index < -0.39 is 17.3 Å². The smallest absolute Gasteiger partial charge is 0.268 e. The van der Waals surface area contributed by atoms with Gasteiger partial charge in [-0.25, -0.2) is 19.3 Å². The Bertz CT molecular complexity index is 1980. The third kappa shape index (κ3) is 5.35. The van der Waals surface area contributed by atoms with Gasteiger partial charge in [-0.15, -0.1) is 0 Å². The van der Waals surface area contributed by atoms with E-state index >= 15 is 4.39 Å². The van der Waals surface area contributed by atoms with Crippen molar-refractivity contribution >= 4 is 22.6 Å². The average Bonchev–Trinajstić information content (AvgIpc) is 3.87. The number of halogens is 1. The van der Waals surface area contributed by atoms with Crippen molar-refractivity contribution in [3.05, 3.63) is 88.0 Å². The van der Waals surface area contributed by atoms with Crippen LogP contribution in [0, 0.1) is 12.7 Å². The lowest BCUT2D eigenvalue weighted by Crippen LogP contribution is -2.30. The van der Waals surface area contributed by atoms with Crippen molar-refractivity contribution < 1.29 is 28.1 Å². The predicted molar refractivity (Wildman–Crippen MR) is 158 cm³/mol. The topological polar surface area (TPSA) is 140 Å². The van der Waals surface area contributed by atoms with Gasteiger partial charge in [0.05, 0.1) is 50.6 Å². The Morgan fingerprint density at radius 1 is 0.955 bits per heavy atom. The fraction of sp³-hybridized carbons (Fsp3) is 0.226. The third-order valence-electron chi connectivity index (χ3n) is 7.15. The second kappa shape index (κ2) is 11.6. The number of hydrogen-bond acceptors (Lipinski definition) is 10. The van der Waals surface area contributed by atoms with Crippen LogP contribution in [0.1, 0.15) is 40.4 Å². The van der Waals surface area contributed by atoms with Gasteiger partial charge in [-0.2, -0.15) is 0 Å². The van der Waals surface area contributed by atoms with Gasteiger partial charge in [-0.3, -0.25) is 19.1 Å². The Labute approximate surface area is 250 Å². The van der Waals surface area contributed by atoms with Gasteiger partial charge in [0.25, 0.3) is 23.2 Å². The number of aromatic nitrogens is 5. The summed E-state index contributed by atoms with van der Waals surface area (Å²) in [5.41, 5.74) is 2.24. The molecule has 0 aliphatic heterocycles. The highest BCUT2D eigenvalue weighted by atomic mass is 19.1. The molecule has 224 valence electrons. The van der Waals surface area contributed by atoms with Gasteiger partial charge in [-0.05, 0) is 43.4 Å². The van der Waals surface area contributed by atoms with Crippen LogP contribution in [0.5, 0.6) is 29.1 Å². The van der Waals surface area contributed by atoms with E-state index in [1.807, 2.05) is 6.92 Å². The molecule has 0 aromatic carbocycles. The molecule has 1 amide bonds. The standard InChI is InChI=1S/C31H27FN6O6/c1-16-11-26(42-3)34-15-23(16)38-22(17-5-6-17)8-7-19(31(38)40)28(39)36-18-12-20(32)29(35-14-18)44-24-9-10-33-21-13-25(41-2)30(43-4)37-27(21)24/h7-15,17H,5-6H2,1-4H3,(H,36,39).